The summed E-state index contributed by atoms with van der Waals surface area (Å²) in [7, 11) is -2.47. The zero-order chi connectivity index (χ0) is 25.1. The van der Waals surface area contributed by atoms with Gasteiger partial charge in [-0.3, -0.25) is 0 Å². The molecule has 0 fully saturated rings. The molecule has 5 N–H and O–H groups in total. The maximum atomic E-state index is 10.4. The van der Waals surface area contributed by atoms with Crippen molar-refractivity contribution in [2.75, 3.05) is 25.1 Å². The zero-order valence-corrected chi connectivity index (χ0v) is 22.0. The SMILES string of the molecule is CNC(=S)NCCSC(c1ccccc1)c1[nH+]c(Cl)ccc1N.Cc1ccc(S(=O)(=O)[O-])cc1. The molecule has 0 radical (unpaired) electrons. The van der Waals surface area contributed by atoms with E-state index in [1.54, 1.807) is 37.0 Å². The summed E-state index contributed by atoms with van der Waals surface area (Å²) < 4.78 is 31.2. The third kappa shape index (κ3) is 9.11. The molecule has 3 rings (SSSR count). The highest BCUT2D eigenvalue weighted by molar-refractivity contribution is 7.99. The van der Waals surface area contributed by atoms with E-state index in [9.17, 15) is 13.0 Å². The number of aromatic nitrogens is 1. The average molecular weight is 539 g/mol. The summed E-state index contributed by atoms with van der Waals surface area (Å²) in [5, 5.41) is 7.36. The molecule has 1 aromatic heterocycles. The molecule has 0 saturated heterocycles. The predicted molar refractivity (Wildman–Crippen MR) is 142 cm³/mol. The first-order chi connectivity index (χ1) is 16.1. The minimum absolute atomic E-state index is 0.0832. The third-order valence-electron chi connectivity index (χ3n) is 4.55. The first-order valence-electron chi connectivity index (χ1n) is 10.2. The fourth-order valence-corrected chi connectivity index (χ4v) is 4.72. The van der Waals surface area contributed by atoms with Crippen LogP contribution in [0.15, 0.2) is 71.6 Å². The molecule has 1 heterocycles. The van der Waals surface area contributed by atoms with Crippen LogP contribution in [0.4, 0.5) is 5.69 Å². The van der Waals surface area contributed by atoms with Crippen molar-refractivity contribution < 1.29 is 18.0 Å². The highest BCUT2D eigenvalue weighted by Gasteiger charge is 2.24. The molecule has 0 spiro atoms. The summed E-state index contributed by atoms with van der Waals surface area (Å²) in [6.07, 6.45) is 0. The van der Waals surface area contributed by atoms with Crippen LogP contribution in [-0.4, -0.2) is 37.4 Å². The van der Waals surface area contributed by atoms with Gasteiger partial charge >= 0.3 is 0 Å². The first-order valence-corrected chi connectivity index (χ1v) is 13.5. The monoisotopic (exact) mass is 538 g/mol. The van der Waals surface area contributed by atoms with Crippen LogP contribution < -0.4 is 21.4 Å². The zero-order valence-electron chi connectivity index (χ0n) is 18.7. The number of benzene rings is 2. The van der Waals surface area contributed by atoms with Crippen LogP contribution in [0, 0.1) is 6.92 Å². The van der Waals surface area contributed by atoms with E-state index in [2.05, 4.69) is 27.8 Å². The fourth-order valence-electron chi connectivity index (χ4n) is 2.82. The Hall–Kier alpha value is -2.37. The van der Waals surface area contributed by atoms with E-state index in [0.29, 0.717) is 16.0 Å². The molecule has 0 saturated carbocycles. The Labute approximate surface area is 215 Å². The van der Waals surface area contributed by atoms with Crippen molar-refractivity contribution in [2.24, 2.45) is 0 Å². The summed E-state index contributed by atoms with van der Waals surface area (Å²) in [5.74, 6) is 0.876. The summed E-state index contributed by atoms with van der Waals surface area (Å²) in [6, 6.07) is 19.6. The van der Waals surface area contributed by atoms with Gasteiger partial charge in [-0.25, -0.2) is 8.42 Å². The number of rotatable bonds is 7. The van der Waals surface area contributed by atoms with Crippen molar-refractivity contribution in [2.45, 2.75) is 17.1 Å². The molecular formula is C23H27ClN4O3S3. The van der Waals surface area contributed by atoms with Gasteiger partial charge in [-0.05, 0) is 54.5 Å². The molecule has 34 heavy (non-hydrogen) atoms. The topological polar surface area (TPSA) is 121 Å². The maximum Gasteiger partial charge on any atom is 0.273 e. The van der Waals surface area contributed by atoms with Gasteiger partial charge in [0.15, 0.2) is 5.11 Å². The molecule has 182 valence electrons. The van der Waals surface area contributed by atoms with Gasteiger partial charge in [0.05, 0.1) is 4.90 Å². The van der Waals surface area contributed by atoms with Crippen LogP contribution >= 0.6 is 35.6 Å². The Bertz CT molecular complexity index is 1180. The van der Waals surface area contributed by atoms with Gasteiger partial charge in [0.25, 0.3) is 5.15 Å². The van der Waals surface area contributed by atoms with Gasteiger partial charge in [0.2, 0.25) is 5.69 Å². The number of hydrogen-bond donors (Lipinski definition) is 3. The molecule has 0 aliphatic heterocycles. The molecule has 0 aliphatic carbocycles. The quantitative estimate of drug-likeness (QED) is 0.181. The molecule has 3 aromatic rings. The molecule has 7 nitrogen and oxygen atoms in total. The molecule has 0 bridgehead atoms. The van der Waals surface area contributed by atoms with Crippen molar-refractivity contribution in [1.82, 2.24) is 10.6 Å². The Morgan fingerprint density at radius 1 is 1.15 bits per heavy atom. The van der Waals surface area contributed by atoms with E-state index < -0.39 is 10.1 Å². The van der Waals surface area contributed by atoms with Crippen LogP contribution in [0.5, 0.6) is 0 Å². The summed E-state index contributed by atoms with van der Waals surface area (Å²) in [4.78, 5) is 3.02. The van der Waals surface area contributed by atoms with Crippen LogP contribution in [0.2, 0.25) is 5.15 Å². The van der Waals surface area contributed by atoms with Crippen LogP contribution in [0.1, 0.15) is 22.1 Å². The van der Waals surface area contributed by atoms with Crippen molar-refractivity contribution in [3.8, 4) is 0 Å². The van der Waals surface area contributed by atoms with Gasteiger partial charge in [-0.1, -0.05) is 48.0 Å². The summed E-state index contributed by atoms with van der Waals surface area (Å²) >= 11 is 13.0. The Kier molecular flexibility index (Phi) is 11.1. The summed E-state index contributed by atoms with van der Waals surface area (Å²) in [5.41, 5.74) is 9.88. The lowest BCUT2D eigenvalue weighted by atomic mass is 10.1. The number of thioether (sulfide) groups is 1. The van der Waals surface area contributed by atoms with E-state index >= 15 is 0 Å². The second-order valence-corrected chi connectivity index (χ2v) is 10.5. The van der Waals surface area contributed by atoms with Crippen molar-refractivity contribution in [3.63, 3.8) is 0 Å². The molecule has 1 unspecified atom stereocenters. The number of hydrogen-bond acceptors (Lipinski definition) is 6. The second-order valence-electron chi connectivity index (χ2n) is 7.11. The van der Waals surface area contributed by atoms with E-state index in [4.69, 9.17) is 29.6 Å². The standard InChI is InChI=1S/C16H19ClN4S2.C7H8O3S/c1-19-16(22)20-9-10-23-15(11-5-3-2-4-6-11)14-12(18)7-8-13(17)21-14;1-6-2-4-7(5-3-6)11(8,9)10/h2-8,15H,9-10,18H2,1H3,(H2,19,20,22);2-5H,1H3,(H,8,9,10). The van der Waals surface area contributed by atoms with E-state index in [1.807, 2.05) is 31.2 Å². The molecule has 11 heteroatoms. The predicted octanol–water partition coefficient (Wildman–Crippen LogP) is 3.55. The lowest BCUT2D eigenvalue weighted by Crippen LogP contribution is -2.34. The molecule has 0 amide bonds. The summed E-state index contributed by atoms with van der Waals surface area (Å²) in [6.45, 7) is 2.59. The molecular weight excluding hydrogens is 512 g/mol. The van der Waals surface area contributed by atoms with E-state index in [-0.39, 0.29) is 10.1 Å². The average Bonchev–Trinajstić information content (AvgIpc) is 2.81. The van der Waals surface area contributed by atoms with Crippen molar-refractivity contribution >= 4 is 56.5 Å². The van der Waals surface area contributed by atoms with E-state index in [0.717, 1.165) is 23.6 Å². The van der Waals surface area contributed by atoms with Gasteiger partial charge in [0, 0.05) is 25.4 Å². The Morgan fingerprint density at radius 2 is 1.79 bits per heavy atom. The fraction of sp³-hybridized carbons (Fsp3) is 0.217. The molecule has 1 atom stereocenters. The first kappa shape index (κ1) is 27.9. The molecule has 0 aliphatic rings. The minimum atomic E-state index is -4.27. The molecule has 2 aromatic carbocycles. The largest absolute Gasteiger partial charge is 0.744 e. The normalized spacial score (nSPS) is 11.6. The number of nitrogen functional groups attached to an aromatic ring is 1. The van der Waals surface area contributed by atoms with Crippen molar-refractivity contribution in [1.29, 1.82) is 0 Å². The number of pyridine rings is 1. The lowest BCUT2D eigenvalue weighted by Gasteiger charge is -2.15. The highest BCUT2D eigenvalue weighted by atomic mass is 35.5. The minimum Gasteiger partial charge on any atom is -0.744 e. The number of halogens is 1. The van der Waals surface area contributed by atoms with Crippen molar-refractivity contribution in [3.05, 3.63) is 88.7 Å². The van der Waals surface area contributed by atoms with Gasteiger partial charge in [-0.2, -0.15) is 4.98 Å². The second kappa shape index (κ2) is 13.5. The Balaban J connectivity index is 0.000000310. The number of thiocarbonyl (C=S) groups is 1. The smallest absolute Gasteiger partial charge is 0.273 e. The Morgan fingerprint density at radius 3 is 2.38 bits per heavy atom. The van der Waals surface area contributed by atoms with Gasteiger partial charge < -0.3 is 20.9 Å². The van der Waals surface area contributed by atoms with Gasteiger partial charge in [-0.15, -0.1) is 11.8 Å². The van der Waals surface area contributed by atoms with Crippen LogP contribution in [0.25, 0.3) is 0 Å². The van der Waals surface area contributed by atoms with Crippen LogP contribution in [0.3, 0.4) is 0 Å². The number of nitrogens with one attached hydrogen (secondary N) is 3. The van der Waals surface area contributed by atoms with Crippen LogP contribution in [-0.2, 0) is 10.1 Å². The number of H-pyrrole nitrogens is 1. The highest BCUT2D eigenvalue weighted by Crippen LogP contribution is 2.36. The van der Waals surface area contributed by atoms with E-state index in [1.165, 1.54) is 17.7 Å². The third-order valence-corrected chi connectivity index (χ3v) is 7.25. The lowest BCUT2D eigenvalue weighted by molar-refractivity contribution is -0.386. The number of anilines is 1. The maximum absolute atomic E-state index is 10.4. The number of aromatic amines is 1. The number of aryl methyl sites for hydroxylation is 1. The number of nitrogens with two attached hydrogens (primary N) is 1. The van der Waals surface area contributed by atoms with Gasteiger partial charge in [0.1, 0.15) is 21.1 Å².